The van der Waals surface area contributed by atoms with E-state index in [1.54, 1.807) is 0 Å². The highest BCUT2D eigenvalue weighted by Gasteiger charge is 2.33. The van der Waals surface area contributed by atoms with Crippen molar-refractivity contribution >= 4 is 5.91 Å². The first-order chi connectivity index (χ1) is 6.66. The van der Waals surface area contributed by atoms with Crippen LogP contribution in [0.15, 0.2) is 0 Å². The second-order valence-electron chi connectivity index (χ2n) is 4.60. The van der Waals surface area contributed by atoms with Crippen molar-refractivity contribution in [3.63, 3.8) is 0 Å². The summed E-state index contributed by atoms with van der Waals surface area (Å²) in [7, 11) is 0. The zero-order valence-corrected chi connectivity index (χ0v) is 8.48. The molecule has 3 atom stereocenters. The van der Waals surface area contributed by atoms with Crippen LogP contribution in [0.2, 0.25) is 0 Å². The van der Waals surface area contributed by atoms with Gasteiger partial charge >= 0.3 is 0 Å². The van der Waals surface area contributed by atoms with E-state index in [1.165, 1.54) is 0 Å². The van der Waals surface area contributed by atoms with Gasteiger partial charge in [0, 0.05) is 31.1 Å². The summed E-state index contributed by atoms with van der Waals surface area (Å²) >= 11 is 0. The molecule has 0 aromatic carbocycles. The van der Waals surface area contributed by atoms with Crippen molar-refractivity contribution in [2.45, 2.75) is 37.8 Å². The first kappa shape index (κ1) is 9.93. The van der Waals surface area contributed by atoms with Crippen LogP contribution in [0.3, 0.4) is 0 Å². The largest absolute Gasteiger partial charge is 0.341 e. The van der Waals surface area contributed by atoms with Crippen molar-refractivity contribution in [1.82, 2.24) is 4.90 Å². The third-order valence-corrected chi connectivity index (χ3v) is 3.36. The van der Waals surface area contributed by atoms with E-state index in [0.717, 1.165) is 38.8 Å². The first-order valence-electron chi connectivity index (χ1n) is 5.47. The van der Waals surface area contributed by atoms with Gasteiger partial charge < -0.3 is 16.4 Å². The number of carbonyl (C=O) groups is 1. The third kappa shape index (κ3) is 1.91. The van der Waals surface area contributed by atoms with Crippen molar-refractivity contribution in [3.8, 4) is 0 Å². The standard InChI is InChI=1S/C10H19N3O/c11-8-2-1-7(5-8)10(14)13-4-3-9(12)6-13/h7-9H,1-6,11-12H2/t7?,8?,9-/m1/s1. The van der Waals surface area contributed by atoms with Gasteiger partial charge in [-0.2, -0.15) is 0 Å². The normalized spacial score (nSPS) is 37.9. The minimum absolute atomic E-state index is 0.176. The van der Waals surface area contributed by atoms with Crippen LogP contribution in [0.4, 0.5) is 0 Å². The smallest absolute Gasteiger partial charge is 0.225 e. The van der Waals surface area contributed by atoms with E-state index in [4.69, 9.17) is 11.5 Å². The van der Waals surface area contributed by atoms with Gasteiger partial charge in [0.05, 0.1) is 0 Å². The lowest BCUT2D eigenvalue weighted by atomic mass is 10.1. The molecule has 14 heavy (non-hydrogen) atoms. The number of rotatable bonds is 1. The van der Waals surface area contributed by atoms with E-state index >= 15 is 0 Å². The second-order valence-corrected chi connectivity index (χ2v) is 4.60. The number of nitrogens with two attached hydrogens (primary N) is 2. The van der Waals surface area contributed by atoms with Crippen LogP contribution in [-0.4, -0.2) is 36.0 Å². The lowest BCUT2D eigenvalue weighted by molar-refractivity contribution is -0.134. The maximum absolute atomic E-state index is 12.0. The van der Waals surface area contributed by atoms with Crippen LogP contribution in [0.1, 0.15) is 25.7 Å². The van der Waals surface area contributed by atoms with Gasteiger partial charge in [0.1, 0.15) is 0 Å². The van der Waals surface area contributed by atoms with Crippen molar-refractivity contribution in [3.05, 3.63) is 0 Å². The molecule has 2 fully saturated rings. The van der Waals surface area contributed by atoms with E-state index in [1.807, 2.05) is 4.90 Å². The molecule has 1 amide bonds. The fourth-order valence-electron chi connectivity index (χ4n) is 2.49. The Morgan fingerprint density at radius 2 is 1.93 bits per heavy atom. The van der Waals surface area contributed by atoms with E-state index in [2.05, 4.69) is 0 Å². The molecule has 4 nitrogen and oxygen atoms in total. The molecule has 4 N–H and O–H groups in total. The van der Waals surface area contributed by atoms with Gasteiger partial charge in [-0.3, -0.25) is 4.79 Å². The third-order valence-electron chi connectivity index (χ3n) is 3.36. The van der Waals surface area contributed by atoms with Crippen molar-refractivity contribution in [2.75, 3.05) is 13.1 Å². The lowest BCUT2D eigenvalue weighted by Gasteiger charge is -2.19. The quantitative estimate of drug-likeness (QED) is 0.605. The summed E-state index contributed by atoms with van der Waals surface area (Å²) in [5, 5.41) is 0. The zero-order valence-electron chi connectivity index (χ0n) is 8.48. The molecule has 0 aromatic heterocycles. The van der Waals surface area contributed by atoms with Crippen LogP contribution in [0.25, 0.3) is 0 Å². The van der Waals surface area contributed by atoms with Gasteiger partial charge in [0.25, 0.3) is 0 Å². The summed E-state index contributed by atoms with van der Waals surface area (Å²) in [5.41, 5.74) is 11.6. The number of amides is 1. The van der Waals surface area contributed by atoms with Crippen LogP contribution in [-0.2, 0) is 4.79 Å². The highest BCUT2D eigenvalue weighted by atomic mass is 16.2. The van der Waals surface area contributed by atoms with Gasteiger partial charge in [-0.25, -0.2) is 0 Å². The Kier molecular flexibility index (Phi) is 2.74. The SMILES string of the molecule is NC1CCC(C(=O)N2CC[C@@H](N)C2)C1. The molecule has 4 heteroatoms. The summed E-state index contributed by atoms with van der Waals surface area (Å²) in [4.78, 5) is 13.9. The summed E-state index contributed by atoms with van der Waals surface area (Å²) in [6.07, 6.45) is 3.77. The first-order valence-corrected chi connectivity index (χ1v) is 5.47. The van der Waals surface area contributed by atoms with Crippen LogP contribution >= 0.6 is 0 Å². The van der Waals surface area contributed by atoms with Crippen LogP contribution in [0, 0.1) is 5.92 Å². The van der Waals surface area contributed by atoms with Gasteiger partial charge in [0.2, 0.25) is 5.91 Å². The number of hydrogen-bond acceptors (Lipinski definition) is 3. The summed E-state index contributed by atoms with van der Waals surface area (Å²) < 4.78 is 0. The highest BCUT2D eigenvalue weighted by Crippen LogP contribution is 2.27. The molecule has 1 saturated heterocycles. The summed E-state index contributed by atoms with van der Waals surface area (Å²) in [6.45, 7) is 1.58. The van der Waals surface area contributed by atoms with E-state index in [0.29, 0.717) is 0 Å². The average molecular weight is 197 g/mol. The molecule has 1 saturated carbocycles. The molecule has 2 rings (SSSR count). The molecule has 80 valence electrons. The predicted molar refractivity (Wildman–Crippen MR) is 54.5 cm³/mol. The lowest BCUT2D eigenvalue weighted by Crippen LogP contribution is -2.36. The maximum Gasteiger partial charge on any atom is 0.225 e. The molecule has 1 aliphatic heterocycles. The minimum atomic E-state index is 0.176. The van der Waals surface area contributed by atoms with Crippen molar-refractivity contribution in [1.29, 1.82) is 0 Å². The molecular formula is C10H19N3O. The second kappa shape index (κ2) is 3.87. The fourth-order valence-corrected chi connectivity index (χ4v) is 2.49. The van der Waals surface area contributed by atoms with E-state index in [9.17, 15) is 4.79 Å². The predicted octanol–water partition coefficient (Wildman–Crippen LogP) is -0.327. The van der Waals surface area contributed by atoms with E-state index < -0.39 is 0 Å². The number of nitrogens with zero attached hydrogens (tertiary/aromatic N) is 1. The Morgan fingerprint density at radius 1 is 1.14 bits per heavy atom. The Balaban J connectivity index is 1.89. The maximum atomic E-state index is 12.0. The fraction of sp³-hybridized carbons (Fsp3) is 0.900. The van der Waals surface area contributed by atoms with Gasteiger partial charge in [-0.1, -0.05) is 0 Å². The monoisotopic (exact) mass is 197 g/mol. The molecule has 2 unspecified atom stereocenters. The molecule has 2 aliphatic rings. The van der Waals surface area contributed by atoms with Crippen molar-refractivity contribution < 1.29 is 4.79 Å². The molecule has 0 aromatic rings. The molecule has 1 heterocycles. The summed E-state index contributed by atoms with van der Waals surface area (Å²) in [6, 6.07) is 0.425. The minimum Gasteiger partial charge on any atom is -0.341 e. The molecule has 0 bridgehead atoms. The molecule has 1 aliphatic carbocycles. The topological polar surface area (TPSA) is 72.4 Å². The molecule has 0 spiro atoms. The van der Waals surface area contributed by atoms with Crippen LogP contribution < -0.4 is 11.5 Å². The van der Waals surface area contributed by atoms with Gasteiger partial charge in [0.15, 0.2) is 0 Å². The molecule has 0 radical (unpaired) electrons. The van der Waals surface area contributed by atoms with Gasteiger partial charge in [-0.05, 0) is 25.7 Å². The highest BCUT2D eigenvalue weighted by molar-refractivity contribution is 5.79. The van der Waals surface area contributed by atoms with Crippen LogP contribution in [0.5, 0.6) is 0 Å². The number of likely N-dealkylation sites (tertiary alicyclic amines) is 1. The zero-order chi connectivity index (χ0) is 10.1. The summed E-state index contributed by atoms with van der Waals surface area (Å²) in [5.74, 6) is 0.459. The van der Waals surface area contributed by atoms with E-state index in [-0.39, 0.29) is 23.9 Å². The average Bonchev–Trinajstić information content (AvgIpc) is 2.73. The van der Waals surface area contributed by atoms with Gasteiger partial charge in [-0.15, -0.1) is 0 Å². The van der Waals surface area contributed by atoms with Crippen molar-refractivity contribution in [2.24, 2.45) is 17.4 Å². The Labute approximate surface area is 84.6 Å². The Bertz CT molecular complexity index is 209. The Morgan fingerprint density at radius 3 is 2.43 bits per heavy atom. The number of hydrogen-bond donors (Lipinski definition) is 2. The Hall–Kier alpha value is -0.610. The number of carbonyl (C=O) groups excluding carboxylic acids is 1. The molecular weight excluding hydrogens is 178 g/mol.